The van der Waals surface area contributed by atoms with Crippen molar-refractivity contribution in [1.29, 1.82) is 0 Å². The Labute approximate surface area is 163 Å². The minimum atomic E-state index is -3.80. The van der Waals surface area contributed by atoms with Crippen molar-refractivity contribution in [2.24, 2.45) is 5.92 Å². The summed E-state index contributed by atoms with van der Waals surface area (Å²) in [5.74, 6) is -0.628. The molecule has 148 valence electrons. The van der Waals surface area contributed by atoms with Crippen LogP contribution in [0, 0.1) is 5.92 Å². The number of anilines is 2. The van der Waals surface area contributed by atoms with Crippen LogP contribution in [0.1, 0.15) is 6.42 Å². The SMILES string of the molecule is COC(=O)[C@H]1CC(=O)N(c2ccc(S(=O)(=O)Nc3cccc(OC)c3)cc2)C1. The molecule has 0 radical (unpaired) electrons. The van der Waals surface area contributed by atoms with E-state index in [1.807, 2.05) is 0 Å². The second-order valence-electron chi connectivity index (χ2n) is 6.26. The fourth-order valence-corrected chi connectivity index (χ4v) is 4.04. The standard InChI is InChI=1S/C19H20N2O6S/c1-26-16-5-3-4-14(11-16)20-28(24,25)17-8-6-15(7-9-17)21-12-13(10-18(21)22)19(23)27-2/h3-9,11,13,20H,10,12H2,1-2H3/t13-/m0/s1. The number of nitrogens with one attached hydrogen (secondary N) is 1. The summed E-state index contributed by atoms with van der Waals surface area (Å²) >= 11 is 0. The normalized spacial score (nSPS) is 16.7. The minimum absolute atomic E-state index is 0.0511. The van der Waals surface area contributed by atoms with Gasteiger partial charge in [0.2, 0.25) is 5.91 Å². The number of ether oxygens (including phenoxy) is 2. The number of benzene rings is 2. The molecular weight excluding hydrogens is 384 g/mol. The lowest BCUT2D eigenvalue weighted by atomic mass is 10.1. The molecule has 1 amide bonds. The van der Waals surface area contributed by atoms with Crippen LogP contribution in [-0.2, 0) is 24.3 Å². The molecule has 0 saturated carbocycles. The van der Waals surface area contributed by atoms with Gasteiger partial charge >= 0.3 is 5.97 Å². The van der Waals surface area contributed by atoms with Gasteiger partial charge in [0.25, 0.3) is 10.0 Å². The summed E-state index contributed by atoms with van der Waals surface area (Å²) in [4.78, 5) is 25.3. The molecule has 1 aliphatic heterocycles. The lowest BCUT2D eigenvalue weighted by Gasteiger charge is -2.17. The third-order valence-electron chi connectivity index (χ3n) is 4.44. The monoisotopic (exact) mass is 404 g/mol. The van der Waals surface area contributed by atoms with Crippen LogP contribution in [-0.4, -0.2) is 41.1 Å². The van der Waals surface area contributed by atoms with Crippen LogP contribution in [0.15, 0.2) is 53.4 Å². The number of rotatable bonds is 6. The van der Waals surface area contributed by atoms with E-state index < -0.39 is 21.9 Å². The van der Waals surface area contributed by atoms with Crippen LogP contribution >= 0.6 is 0 Å². The summed E-state index contributed by atoms with van der Waals surface area (Å²) in [6, 6.07) is 12.5. The van der Waals surface area contributed by atoms with Crippen LogP contribution in [0.2, 0.25) is 0 Å². The Kier molecular flexibility index (Phi) is 5.55. The smallest absolute Gasteiger partial charge is 0.311 e. The Balaban J connectivity index is 1.76. The predicted molar refractivity (Wildman–Crippen MR) is 103 cm³/mol. The summed E-state index contributed by atoms with van der Waals surface area (Å²) < 4.78 is 37.4. The second-order valence-corrected chi connectivity index (χ2v) is 7.94. The van der Waals surface area contributed by atoms with Crippen molar-refractivity contribution in [3.63, 3.8) is 0 Å². The highest BCUT2D eigenvalue weighted by molar-refractivity contribution is 7.92. The summed E-state index contributed by atoms with van der Waals surface area (Å²) in [5.41, 5.74) is 0.899. The number of hydrogen-bond acceptors (Lipinski definition) is 6. The lowest BCUT2D eigenvalue weighted by Crippen LogP contribution is -2.26. The van der Waals surface area contributed by atoms with E-state index in [2.05, 4.69) is 9.46 Å². The predicted octanol–water partition coefficient (Wildman–Crippen LogP) is 2.02. The van der Waals surface area contributed by atoms with Gasteiger partial charge in [0.05, 0.1) is 30.7 Å². The van der Waals surface area contributed by atoms with Crippen LogP contribution in [0.4, 0.5) is 11.4 Å². The first-order valence-corrected chi connectivity index (χ1v) is 9.97. The van der Waals surface area contributed by atoms with Crippen LogP contribution < -0.4 is 14.4 Å². The van der Waals surface area contributed by atoms with Crippen molar-refractivity contribution >= 4 is 33.3 Å². The highest BCUT2D eigenvalue weighted by Gasteiger charge is 2.35. The van der Waals surface area contributed by atoms with Crippen molar-refractivity contribution in [2.75, 3.05) is 30.4 Å². The van der Waals surface area contributed by atoms with Gasteiger partial charge in [-0.1, -0.05) is 6.07 Å². The van der Waals surface area contributed by atoms with E-state index in [9.17, 15) is 18.0 Å². The molecular formula is C19H20N2O6S. The van der Waals surface area contributed by atoms with Gasteiger partial charge < -0.3 is 14.4 Å². The largest absolute Gasteiger partial charge is 0.497 e. The zero-order chi connectivity index (χ0) is 20.3. The molecule has 3 rings (SSSR count). The molecule has 8 nitrogen and oxygen atoms in total. The van der Waals surface area contributed by atoms with Crippen LogP contribution in [0.5, 0.6) is 5.75 Å². The molecule has 1 fully saturated rings. The Morgan fingerprint density at radius 2 is 1.86 bits per heavy atom. The highest BCUT2D eigenvalue weighted by atomic mass is 32.2. The average molecular weight is 404 g/mol. The number of esters is 1. The zero-order valence-electron chi connectivity index (χ0n) is 15.4. The first-order valence-electron chi connectivity index (χ1n) is 8.49. The molecule has 1 heterocycles. The van der Waals surface area contributed by atoms with E-state index >= 15 is 0 Å². The van der Waals surface area contributed by atoms with Gasteiger partial charge in [-0.05, 0) is 36.4 Å². The minimum Gasteiger partial charge on any atom is -0.497 e. The number of carbonyl (C=O) groups excluding carboxylic acids is 2. The highest BCUT2D eigenvalue weighted by Crippen LogP contribution is 2.27. The Morgan fingerprint density at radius 1 is 1.14 bits per heavy atom. The Hall–Kier alpha value is -3.07. The molecule has 9 heteroatoms. The topological polar surface area (TPSA) is 102 Å². The fraction of sp³-hybridized carbons (Fsp3) is 0.263. The lowest BCUT2D eigenvalue weighted by molar-refractivity contribution is -0.145. The molecule has 2 aromatic rings. The molecule has 28 heavy (non-hydrogen) atoms. The third kappa shape index (κ3) is 4.09. The van der Waals surface area contributed by atoms with Gasteiger partial charge in [-0.2, -0.15) is 0 Å². The fourth-order valence-electron chi connectivity index (χ4n) is 2.99. The Bertz CT molecular complexity index is 988. The van der Waals surface area contributed by atoms with Crippen molar-refractivity contribution in [3.05, 3.63) is 48.5 Å². The third-order valence-corrected chi connectivity index (χ3v) is 5.84. The number of sulfonamides is 1. The maximum Gasteiger partial charge on any atom is 0.311 e. The molecule has 0 unspecified atom stereocenters. The number of hydrogen-bond donors (Lipinski definition) is 1. The number of carbonyl (C=O) groups is 2. The van der Waals surface area contributed by atoms with Crippen molar-refractivity contribution in [1.82, 2.24) is 0 Å². The number of nitrogens with zero attached hydrogens (tertiary/aromatic N) is 1. The van der Waals surface area contributed by atoms with E-state index in [1.54, 1.807) is 24.3 Å². The first-order chi connectivity index (χ1) is 13.3. The molecule has 0 aromatic heterocycles. The van der Waals surface area contributed by atoms with E-state index in [4.69, 9.17) is 4.74 Å². The summed E-state index contributed by atoms with van der Waals surface area (Å²) in [5, 5.41) is 0. The van der Waals surface area contributed by atoms with Gasteiger partial charge in [-0.3, -0.25) is 14.3 Å². The molecule has 1 N–H and O–H groups in total. The number of methoxy groups -OCH3 is 2. The average Bonchev–Trinajstić information content (AvgIpc) is 3.09. The quantitative estimate of drug-likeness (QED) is 0.739. The first kappa shape index (κ1) is 19.7. The molecule has 0 spiro atoms. The van der Waals surface area contributed by atoms with Gasteiger partial charge in [-0.25, -0.2) is 8.42 Å². The van der Waals surface area contributed by atoms with E-state index in [0.717, 1.165) is 0 Å². The van der Waals surface area contributed by atoms with Gasteiger partial charge in [-0.15, -0.1) is 0 Å². The maximum atomic E-state index is 12.6. The van der Waals surface area contributed by atoms with E-state index in [0.29, 0.717) is 17.1 Å². The molecule has 0 bridgehead atoms. The van der Waals surface area contributed by atoms with E-state index in [1.165, 1.54) is 43.4 Å². The second kappa shape index (κ2) is 7.89. The summed E-state index contributed by atoms with van der Waals surface area (Å²) in [7, 11) is -1.02. The summed E-state index contributed by atoms with van der Waals surface area (Å²) in [6.45, 7) is 0.208. The molecule has 1 atom stereocenters. The molecule has 1 saturated heterocycles. The molecule has 0 aliphatic carbocycles. The molecule has 1 aliphatic rings. The van der Waals surface area contributed by atoms with E-state index in [-0.39, 0.29) is 23.8 Å². The van der Waals surface area contributed by atoms with Crippen LogP contribution in [0.3, 0.4) is 0 Å². The van der Waals surface area contributed by atoms with Gasteiger partial charge in [0, 0.05) is 24.7 Å². The molecule has 2 aromatic carbocycles. The summed E-state index contributed by atoms with van der Waals surface area (Å²) in [6.07, 6.45) is 0.0735. The zero-order valence-corrected chi connectivity index (χ0v) is 16.2. The van der Waals surface area contributed by atoms with Gasteiger partial charge in [0.15, 0.2) is 0 Å². The van der Waals surface area contributed by atoms with Crippen molar-refractivity contribution in [2.45, 2.75) is 11.3 Å². The Morgan fingerprint density at radius 3 is 2.50 bits per heavy atom. The van der Waals surface area contributed by atoms with Crippen molar-refractivity contribution in [3.8, 4) is 5.75 Å². The maximum absolute atomic E-state index is 12.6. The number of amides is 1. The van der Waals surface area contributed by atoms with Gasteiger partial charge in [0.1, 0.15) is 5.75 Å². The van der Waals surface area contributed by atoms with Crippen molar-refractivity contribution < 1.29 is 27.5 Å². The van der Waals surface area contributed by atoms with Crippen LogP contribution in [0.25, 0.3) is 0 Å².